The van der Waals surface area contributed by atoms with Gasteiger partial charge in [-0.2, -0.15) is 0 Å². The number of ether oxygens (including phenoxy) is 1. The summed E-state index contributed by atoms with van der Waals surface area (Å²) in [7, 11) is 3.76. The van der Waals surface area contributed by atoms with E-state index in [1.807, 2.05) is 43.3 Å². The molecule has 0 radical (unpaired) electrons. The van der Waals surface area contributed by atoms with E-state index < -0.39 is 5.91 Å². The van der Waals surface area contributed by atoms with Crippen molar-refractivity contribution in [3.8, 4) is 5.75 Å². The second-order valence-corrected chi connectivity index (χ2v) is 8.46. The van der Waals surface area contributed by atoms with Gasteiger partial charge < -0.3 is 30.9 Å². The predicted molar refractivity (Wildman–Crippen MR) is 137 cm³/mol. The fourth-order valence-corrected chi connectivity index (χ4v) is 3.87. The van der Waals surface area contributed by atoms with Crippen molar-refractivity contribution in [1.29, 1.82) is 0 Å². The van der Waals surface area contributed by atoms with E-state index in [4.69, 9.17) is 10.5 Å². The van der Waals surface area contributed by atoms with E-state index in [0.29, 0.717) is 36.0 Å². The first-order valence-electron chi connectivity index (χ1n) is 11.7. The zero-order valence-corrected chi connectivity index (χ0v) is 20.4. The Morgan fingerprint density at radius 1 is 1.06 bits per heavy atom. The largest absolute Gasteiger partial charge is 0.497 e. The highest BCUT2D eigenvalue weighted by molar-refractivity contribution is 5.96. The summed E-state index contributed by atoms with van der Waals surface area (Å²) in [5, 5.41) is 6.51. The maximum Gasteiger partial charge on any atom is 0.271 e. The summed E-state index contributed by atoms with van der Waals surface area (Å²) in [6, 6.07) is 11.7. The van der Waals surface area contributed by atoms with Crippen LogP contribution in [0, 0.1) is 0 Å². The molecule has 35 heavy (non-hydrogen) atoms. The number of piperazine rings is 1. The molecule has 0 unspecified atom stereocenters. The van der Waals surface area contributed by atoms with Gasteiger partial charge in [0, 0.05) is 32.7 Å². The molecule has 4 rings (SSSR count). The maximum absolute atomic E-state index is 12.1. The Bertz CT molecular complexity index is 1140. The minimum absolute atomic E-state index is 0.0972. The number of anilines is 4. The van der Waals surface area contributed by atoms with Gasteiger partial charge in [-0.25, -0.2) is 15.0 Å². The number of amides is 1. The van der Waals surface area contributed by atoms with Crippen LogP contribution in [0.4, 0.5) is 23.1 Å². The van der Waals surface area contributed by atoms with E-state index in [9.17, 15) is 4.79 Å². The molecule has 1 amide bonds. The number of nitrogens with one attached hydrogen (secondary N) is 2. The van der Waals surface area contributed by atoms with Gasteiger partial charge in [0.15, 0.2) is 17.3 Å². The molecule has 0 saturated carbocycles. The van der Waals surface area contributed by atoms with E-state index in [2.05, 4.69) is 42.4 Å². The zero-order valence-electron chi connectivity index (χ0n) is 20.4. The Morgan fingerprint density at radius 2 is 1.80 bits per heavy atom. The number of hydrogen-bond acceptors (Lipinski definition) is 9. The molecule has 2 aromatic heterocycles. The molecule has 0 atom stereocenters. The van der Waals surface area contributed by atoms with E-state index >= 15 is 0 Å². The quantitative estimate of drug-likeness (QED) is 0.428. The first-order valence-corrected chi connectivity index (χ1v) is 11.7. The fourth-order valence-electron chi connectivity index (χ4n) is 3.87. The molecule has 1 aliphatic rings. The highest BCUT2D eigenvalue weighted by Gasteiger charge is 2.18. The fraction of sp³-hybridized carbons (Fsp3) is 0.360. The van der Waals surface area contributed by atoms with Crippen molar-refractivity contribution in [2.45, 2.75) is 19.9 Å². The number of rotatable bonds is 9. The number of pyridine rings is 1. The number of primary amides is 1. The lowest BCUT2D eigenvalue weighted by Gasteiger charge is -2.33. The second-order valence-electron chi connectivity index (χ2n) is 8.46. The summed E-state index contributed by atoms with van der Waals surface area (Å²) >= 11 is 0. The number of aromatic nitrogens is 3. The summed E-state index contributed by atoms with van der Waals surface area (Å²) in [5.74, 6) is 1.97. The van der Waals surface area contributed by atoms with E-state index in [1.54, 1.807) is 13.3 Å². The molecule has 10 heteroatoms. The van der Waals surface area contributed by atoms with Crippen molar-refractivity contribution in [2.75, 3.05) is 55.9 Å². The monoisotopic (exact) mass is 476 g/mol. The van der Waals surface area contributed by atoms with Crippen LogP contribution >= 0.6 is 0 Å². The van der Waals surface area contributed by atoms with Crippen LogP contribution in [0.25, 0.3) is 0 Å². The highest BCUT2D eigenvalue weighted by Crippen LogP contribution is 2.24. The summed E-state index contributed by atoms with van der Waals surface area (Å²) in [6.07, 6.45) is 2.33. The van der Waals surface area contributed by atoms with Crippen LogP contribution in [0.15, 0.2) is 42.6 Å². The predicted octanol–water partition coefficient (Wildman–Crippen LogP) is 2.65. The lowest BCUT2D eigenvalue weighted by molar-refractivity contribution is 0.0996. The molecular formula is C25H32N8O2. The smallest absolute Gasteiger partial charge is 0.271 e. The molecular weight excluding hydrogens is 444 g/mol. The third kappa shape index (κ3) is 5.96. The van der Waals surface area contributed by atoms with Gasteiger partial charge in [-0.15, -0.1) is 0 Å². The van der Waals surface area contributed by atoms with Gasteiger partial charge in [0.05, 0.1) is 24.7 Å². The number of nitrogens with zero attached hydrogens (tertiary/aromatic N) is 5. The summed E-state index contributed by atoms with van der Waals surface area (Å²) < 4.78 is 5.22. The van der Waals surface area contributed by atoms with Crippen LogP contribution in [0.3, 0.4) is 0 Å². The SMILES string of the molecule is CCc1nc(C(N)=O)c(Nc2ccc(N3CCN(C)CC3)nc2)nc1NCc1ccc(OC)cc1. The van der Waals surface area contributed by atoms with Gasteiger partial charge in [0.2, 0.25) is 0 Å². The average Bonchev–Trinajstić information content (AvgIpc) is 2.88. The number of carbonyl (C=O) groups excluding carboxylic acids is 1. The first-order chi connectivity index (χ1) is 17.0. The van der Waals surface area contributed by atoms with Gasteiger partial charge in [0.1, 0.15) is 11.6 Å². The molecule has 3 aromatic rings. The Morgan fingerprint density at radius 3 is 2.40 bits per heavy atom. The zero-order chi connectivity index (χ0) is 24.8. The molecule has 0 bridgehead atoms. The van der Waals surface area contributed by atoms with Crippen molar-refractivity contribution in [3.05, 3.63) is 59.5 Å². The maximum atomic E-state index is 12.1. The molecule has 0 spiro atoms. The van der Waals surface area contributed by atoms with Crippen molar-refractivity contribution in [3.63, 3.8) is 0 Å². The number of benzene rings is 1. The van der Waals surface area contributed by atoms with Crippen molar-refractivity contribution >= 4 is 29.0 Å². The Hall–Kier alpha value is -3.92. The number of likely N-dealkylation sites (N-methyl/N-ethyl adjacent to an activating group) is 1. The molecule has 184 valence electrons. The number of nitrogens with two attached hydrogens (primary N) is 1. The third-order valence-corrected chi connectivity index (χ3v) is 5.99. The normalized spacial score (nSPS) is 14.0. The minimum Gasteiger partial charge on any atom is -0.497 e. The van der Waals surface area contributed by atoms with Crippen LogP contribution in [-0.2, 0) is 13.0 Å². The number of aryl methyl sites for hydroxylation is 1. The Labute approximate surface area is 205 Å². The van der Waals surface area contributed by atoms with Gasteiger partial charge in [-0.3, -0.25) is 4.79 Å². The van der Waals surface area contributed by atoms with E-state index in [1.165, 1.54) is 0 Å². The topological polar surface area (TPSA) is 122 Å². The number of hydrogen-bond donors (Lipinski definition) is 3. The van der Waals surface area contributed by atoms with Crippen molar-refractivity contribution in [1.82, 2.24) is 19.9 Å². The van der Waals surface area contributed by atoms with Gasteiger partial charge in [-0.1, -0.05) is 19.1 Å². The van der Waals surface area contributed by atoms with Gasteiger partial charge in [-0.05, 0) is 43.3 Å². The van der Waals surface area contributed by atoms with Crippen LogP contribution < -0.4 is 26.0 Å². The van der Waals surface area contributed by atoms with Crippen LogP contribution in [0.5, 0.6) is 5.75 Å². The number of methoxy groups -OCH3 is 1. The Balaban J connectivity index is 1.53. The lowest BCUT2D eigenvalue weighted by Crippen LogP contribution is -2.44. The van der Waals surface area contributed by atoms with Crippen LogP contribution in [0.1, 0.15) is 28.7 Å². The third-order valence-electron chi connectivity index (χ3n) is 5.99. The van der Waals surface area contributed by atoms with Crippen molar-refractivity contribution in [2.24, 2.45) is 5.73 Å². The van der Waals surface area contributed by atoms with Crippen LogP contribution in [-0.4, -0.2) is 66.1 Å². The molecule has 4 N–H and O–H groups in total. The highest BCUT2D eigenvalue weighted by atomic mass is 16.5. The standard InChI is InChI=1S/C25H32N8O2/c1-4-20-24(28-15-17-5-8-19(35-3)9-6-17)31-25(22(30-20)23(26)34)29-18-7-10-21(27-16-18)33-13-11-32(2)12-14-33/h5-10,16H,4,11-15H2,1-3H3,(H2,26,34)(H2,28,29,31). The number of carbonyl (C=O) groups is 1. The molecule has 3 heterocycles. The molecule has 1 aromatic carbocycles. The summed E-state index contributed by atoms with van der Waals surface area (Å²) in [5.41, 5.74) is 8.15. The van der Waals surface area contributed by atoms with Crippen LogP contribution in [0.2, 0.25) is 0 Å². The average molecular weight is 477 g/mol. The second kappa shape index (κ2) is 11.0. The van der Waals surface area contributed by atoms with E-state index in [0.717, 1.165) is 43.3 Å². The van der Waals surface area contributed by atoms with E-state index in [-0.39, 0.29) is 5.69 Å². The molecule has 10 nitrogen and oxygen atoms in total. The molecule has 0 aliphatic carbocycles. The summed E-state index contributed by atoms with van der Waals surface area (Å²) in [4.78, 5) is 30.5. The van der Waals surface area contributed by atoms with Gasteiger partial charge in [0.25, 0.3) is 5.91 Å². The summed E-state index contributed by atoms with van der Waals surface area (Å²) in [6.45, 7) is 6.40. The molecule has 1 fully saturated rings. The Kier molecular flexibility index (Phi) is 7.61. The molecule has 1 saturated heterocycles. The van der Waals surface area contributed by atoms with Crippen molar-refractivity contribution < 1.29 is 9.53 Å². The molecule has 1 aliphatic heterocycles. The van der Waals surface area contributed by atoms with Gasteiger partial charge >= 0.3 is 0 Å². The minimum atomic E-state index is -0.640. The lowest BCUT2D eigenvalue weighted by atomic mass is 10.2. The first kappa shape index (κ1) is 24.2.